The first-order valence-corrected chi connectivity index (χ1v) is 7.56. The predicted molar refractivity (Wildman–Crippen MR) is 79.6 cm³/mol. The maximum Gasteiger partial charge on any atom is 0.416 e. The molecule has 1 unspecified atom stereocenters. The van der Waals surface area contributed by atoms with Gasteiger partial charge in [-0.1, -0.05) is 12.1 Å². The van der Waals surface area contributed by atoms with Crippen molar-refractivity contribution < 1.29 is 23.1 Å². The number of carbonyl (C=O) groups excluding carboxylic acids is 1. The van der Waals surface area contributed by atoms with Crippen molar-refractivity contribution in [3.63, 3.8) is 0 Å². The van der Waals surface area contributed by atoms with E-state index in [4.69, 9.17) is 0 Å². The van der Waals surface area contributed by atoms with Gasteiger partial charge < -0.3 is 10.0 Å². The third kappa shape index (κ3) is 5.21. The van der Waals surface area contributed by atoms with Gasteiger partial charge in [-0.15, -0.1) is 0 Å². The van der Waals surface area contributed by atoms with E-state index in [1.165, 1.54) is 12.1 Å². The summed E-state index contributed by atoms with van der Waals surface area (Å²) in [6, 6.07) is 5.00. The van der Waals surface area contributed by atoms with Gasteiger partial charge in [0.25, 0.3) is 0 Å². The highest BCUT2D eigenvalue weighted by Gasteiger charge is 2.30. The summed E-state index contributed by atoms with van der Waals surface area (Å²) in [4.78, 5) is 15.0. The number of nitrogens with zero attached hydrogens (tertiary/aromatic N) is 2. The summed E-state index contributed by atoms with van der Waals surface area (Å²) >= 11 is 0. The SMILES string of the molecule is CN(Cc1ccc(C(F)(F)F)cc1)CC(O)CN1CCCC1=O. The number of benzene rings is 1. The minimum atomic E-state index is -4.33. The van der Waals surface area contributed by atoms with Gasteiger partial charge in [0.1, 0.15) is 0 Å². The Kier molecular flexibility index (Phi) is 5.64. The highest BCUT2D eigenvalue weighted by Crippen LogP contribution is 2.29. The average Bonchev–Trinajstić information content (AvgIpc) is 2.83. The fourth-order valence-corrected chi connectivity index (χ4v) is 2.74. The van der Waals surface area contributed by atoms with Crippen LogP contribution in [0.2, 0.25) is 0 Å². The summed E-state index contributed by atoms with van der Waals surface area (Å²) in [6.45, 7) is 1.77. The van der Waals surface area contributed by atoms with E-state index in [1.54, 1.807) is 11.9 Å². The van der Waals surface area contributed by atoms with Gasteiger partial charge in [0.05, 0.1) is 11.7 Å². The molecular weight excluding hydrogens is 309 g/mol. The second-order valence-corrected chi connectivity index (χ2v) is 5.99. The van der Waals surface area contributed by atoms with Crippen molar-refractivity contribution >= 4 is 5.91 Å². The Labute approximate surface area is 133 Å². The Bertz CT molecular complexity index is 531. The molecular formula is C16H21F3N2O2. The van der Waals surface area contributed by atoms with Crippen LogP contribution in [0.1, 0.15) is 24.0 Å². The fourth-order valence-electron chi connectivity index (χ4n) is 2.74. The molecule has 0 spiro atoms. The molecule has 4 nitrogen and oxygen atoms in total. The van der Waals surface area contributed by atoms with E-state index in [-0.39, 0.29) is 5.91 Å². The maximum atomic E-state index is 12.5. The van der Waals surface area contributed by atoms with E-state index >= 15 is 0 Å². The van der Waals surface area contributed by atoms with Crippen LogP contribution in [0.3, 0.4) is 0 Å². The lowest BCUT2D eigenvalue weighted by Gasteiger charge is -2.24. The molecule has 0 bridgehead atoms. The molecule has 1 aliphatic rings. The molecule has 2 rings (SSSR count). The van der Waals surface area contributed by atoms with Gasteiger partial charge in [0, 0.05) is 32.6 Å². The lowest BCUT2D eigenvalue weighted by atomic mass is 10.1. The molecule has 0 aliphatic carbocycles. The molecule has 1 N–H and O–H groups in total. The van der Waals surface area contributed by atoms with Crippen LogP contribution in [0.4, 0.5) is 13.2 Å². The first-order chi connectivity index (χ1) is 10.8. The molecule has 1 heterocycles. The standard InChI is InChI=1S/C16H21F3N2O2/c1-20(10-14(22)11-21-8-2-3-15(21)23)9-12-4-6-13(7-5-12)16(17,18)19/h4-7,14,22H,2-3,8-11H2,1H3. The minimum absolute atomic E-state index is 0.0643. The first-order valence-electron chi connectivity index (χ1n) is 7.56. The number of likely N-dealkylation sites (N-methyl/N-ethyl adjacent to an activating group) is 1. The Morgan fingerprint density at radius 1 is 1.30 bits per heavy atom. The Morgan fingerprint density at radius 3 is 2.48 bits per heavy atom. The number of carbonyl (C=O) groups is 1. The summed E-state index contributed by atoms with van der Waals surface area (Å²) < 4.78 is 37.5. The Morgan fingerprint density at radius 2 is 1.96 bits per heavy atom. The number of hydrogen-bond donors (Lipinski definition) is 1. The highest BCUT2D eigenvalue weighted by atomic mass is 19.4. The Balaban J connectivity index is 1.82. The van der Waals surface area contributed by atoms with Crippen LogP contribution in [-0.2, 0) is 17.5 Å². The van der Waals surface area contributed by atoms with Crippen LogP contribution >= 0.6 is 0 Å². The smallest absolute Gasteiger partial charge is 0.390 e. The zero-order valence-electron chi connectivity index (χ0n) is 13.0. The molecule has 0 radical (unpaired) electrons. The first kappa shape index (κ1) is 17.7. The quantitative estimate of drug-likeness (QED) is 0.869. The highest BCUT2D eigenvalue weighted by molar-refractivity contribution is 5.78. The van der Waals surface area contributed by atoms with E-state index in [9.17, 15) is 23.1 Å². The molecule has 23 heavy (non-hydrogen) atoms. The average molecular weight is 330 g/mol. The number of alkyl halides is 3. The number of amides is 1. The monoisotopic (exact) mass is 330 g/mol. The van der Waals surface area contributed by atoms with Gasteiger partial charge >= 0.3 is 6.18 Å². The van der Waals surface area contributed by atoms with Crippen LogP contribution < -0.4 is 0 Å². The van der Waals surface area contributed by atoms with E-state index in [1.807, 2.05) is 4.90 Å². The van der Waals surface area contributed by atoms with Crippen molar-refractivity contribution in [3.05, 3.63) is 35.4 Å². The fraction of sp³-hybridized carbons (Fsp3) is 0.562. The second kappa shape index (κ2) is 7.31. The number of β-amino-alcohol motifs (C(OH)–C–C–N with tert-alkyl or cyclic N) is 1. The minimum Gasteiger partial charge on any atom is -0.390 e. The lowest BCUT2D eigenvalue weighted by Crippen LogP contribution is -2.39. The van der Waals surface area contributed by atoms with Crippen molar-refractivity contribution in [1.29, 1.82) is 0 Å². The summed E-state index contributed by atoms with van der Waals surface area (Å²) in [6.07, 6.45) is -3.64. The second-order valence-electron chi connectivity index (χ2n) is 5.99. The molecule has 1 atom stereocenters. The lowest BCUT2D eigenvalue weighted by molar-refractivity contribution is -0.137. The van der Waals surface area contributed by atoms with Crippen molar-refractivity contribution in [3.8, 4) is 0 Å². The summed E-state index contributed by atoms with van der Waals surface area (Å²) in [5, 5.41) is 10.0. The number of hydrogen-bond acceptors (Lipinski definition) is 3. The summed E-state index contributed by atoms with van der Waals surface area (Å²) in [5.41, 5.74) is 0.0708. The van der Waals surface area contributed by atoms with Crippen molar-refractivity contribution in [2.75, 3.05) is 26.7 Å². The van der Waals surface area contributed by atoms with Gasteiger partial charge in [-0.3, -0.25) is 9.69 Å². The van der Waals surface area contributed by atoms with Crippen molar-refractivity contribution in [2.24, 2.45) is 0 Å². The number of aliphatic hydroxyl groups excluding tert-OH is 1. The van der Waals surface area contributed by atoms with E-state index < -0.39 is 17.8 Å². The van der Waals surface area contributed by atoms with Gasteiger partial charge in [-0.2, -0.15) is 13.2 Å². The number of aliphatic hydroxyl groups is 1. The molecule has 0 saturated carbocycles. The Hall–Kier alpha value is -1.60. The number of likely N-dealkylation sites (tertiary alicyclic amines) is 1. The molecule has 1 aliphatic heterocycles. The molecule has 1 amide bonds. The number of rotatable bonds is 6. The topological polar surface area (TPSA) is 43.8 Å². The molecule has 128 valence electrons. The largest absolute Gasteiger partial charge is 0.416 e. The molecule has 1 saturated heterocycles. The zero-order chi connectivity index (χ0) is 17.0. The summed E-state index contributed by atoms with van der Waals surface area (Å²) in [5.74, 6) is 0.0643. The van der Waals surface area contributed by atoms with Gasteiger partial charge in [-0.05, 0) is 31.2 Å². The zero-order valence-corrected chi connectivity index (χ0v) is 13.0. The van der Waals surface area contributed by atoms with Gasteiger partial charge in [0.2, 0.25) is 5.91 Å². The number of halogens is 3. The van der Waals surface area contributed by atoms with Gasteiger partial charge in [-0.25, -0.2) is 0 Å². The summed E-state index contributed by atoms with van der Waals surface area (Å²) in [7, 11) is 1.78. The van der Waals surface area contributed by atoms with Gasteiger partial charge in [0.15, 0.2) is 0 Å². The van der Waals surface area contributed by atoms with E-state index in [2.05, 4.69) is 0 Å². The third-order valence-electron chi connectivity index (χ3n) is 3.86. The predicted octanol–water partition coefficient (Wildman–Crippen LogP) is 2.12. The normalized spacial score (nSPS) is 17.1. The van der Waals surface area contributed by atoms with Crippen LogP contribution in [0.15, 0.2) is 24.3 Å². The molecule has 1 aromatic rings. The maximum absolute atomic E-state index is 12.5. The third-order valence-corrected chi connectivity index (χ3v) is 3.86. The van der Waals surface area contributed by atoms with Crippen LogP contribution in [0.25, 0.3) is 0 Å². The van der Waals surface area contributed by atoms with Crippen LogP contribution in [-0.4, -0.2) is 53.6 Å². The van der Waals surface area contributed by atoms with Crippen LogP contribution in [0, 0.1) is 0 Å². The van der Waals surface area contributed by atoms with Crippen molar-refractivity contribution in [1.82, 2.24) is 9.80 Å². The van der Waals surface area contributed by atoms with E-state index in [0.29, 0.717) is 32.6 Å². The van der Waals surface area contributed by atoms with E-state index in [0.717, 1.165) is 24.1 Å². The molecule has 1 fully saturated rings. The van der Waals surface area contributed by atoms with Crippen LogP contribution in [0.5, 0.6) is 0 Å². The molecule has 0 aromatic heterocycles. The molecule has 7 heteroatoms. The van der Waals surface area contributed by atoms with Crippen molar-refractivity contribution in [2.45, 2.75) is 31.7 Å². The molecule has 1 aromatic carbocycles.